The predicted molar refractivity (Wildman–Crippen MR) is 120 cm³/mol. The molecule has 0 radical (unpaired) electrons. The lowest BCUT2D eigenvalue weighted by molar-refractivity contribution is -0.310. The summed E-state index contributed by atoms with van der Waals surface area (Å²) in [7, 11) is 0. The lowest BCUT2D eigenvalue weighted by Gasteiger charge is -2.43. The van der Waals surface area contributed by atoms with Crippen LogP contribution in [0.1, 0.15) is 39.1 Å². The molecule has 0 spiro atoms. The summed E-state index contributed by atoms with van der Waals surface area (Å²) in [5.74, 6) is -2.79. The van der Waals surface area contributed by atoms with Crippen molar-refractivity contribution in [3.8, 4) is 0 Å². The van der Waals surface area contributed by atoms with Crippen LogP contribution in [0, 0.1) is 0 Å². The number of nitrogens with zero attached hydrogens (tertiary/aromatic N) is 4. The number of pyridine rings is 1. The van der Waals surface area contributed by atoms with E-state index in [2.05, 4.69) is 15.3 Å². The first-order valence-electron chi connectivity index (χ1n) is 11.3. The zero-order valence-corrected chi connectivity index (χ0v) is 20.8. The van der Waals surface area contributed by atoms with Crippen LogP contribution < -0.4 is 0 Å². The first-order chi connectivity index (χ1) is 17.6. The molecule has 200 valence electrons. The Bertz CT molecular complexity index is 1090. The Hall–Kier alpha value is -3.91. The van der Waals surface area contributed by atoms with Gasteiger partial charge in [0, 0.05) is 33.9 Å². The van der Waals surface area contributed by atoms with Crippen molar-refractivity contribution in [2.75, 3.05) is 6.61 Å². The maximum Gasteiger partial charge on any atom is 0.303 e. The highest BCUT2D eigenvalue weighted by atomic mass is 16.7. The van der Waals surface area contributed by atoms with Crippen LogP contribution in [0.5, 0.6) is 0 Å². The number of aromatic nitrogens is 4. The Morgan fingerprint density at radius 1 is 0.892 bits per heavy atom. The lowest BCUT2D eigenvalue weighted by atomic mass is 9.98. The van der Waals surface area contributed by atoms with Gasteiger partial charge in [-0.2, -0.15) is 0 Å². The van der Waals surface area contributed by atoms with Crippen LogP contribution in [0.15, 0.2) is 30.6 Å². The molecule has 14 heteroatoms. The minimum absolute atomic E-state index is 0.129. The maximum atomic E-state index is 11.9. The van der Waals surface area contributed by atoms with Gasteiger partial charge in [0.2, 0.25) is 0 Å². The van der Waals surface area contributed by atoms with Crippen LogP contribution in [0.4, 0.5) is 0 Å². The maximum absolute atomic E-state index is 11.9. The molecule has 1 aliphatic rings. The SMILES string of the molecule is CC(=O)OC[C@H]1O[C@@H](OCc2cn(Cc3ccccn3)nn2)[C@H](OC(C)=O)[C@@H](OC(C)=O)[C@@H]1OC(C)=O. The molecular weight excluding hydrogens is 492 g/mol. The summed E-state index contributed by atoms with van der Waals surface area (Å²) in [4.78, 5) is 51.2. The van der Waals surface area contributed by atoms with E-state index < -0.39 is 54.6 Å². The van der Waals surface area contributed by atoms with Gasteiger partial charge in [0.15, 0.2) is 24.6 Å². The molecule has 0 aliphatic carbocycles. The standard InChI is InChI=1S/C23H28N4O10/c1-13(28)32-12-19-20(34-14(2)29)21(35-15(3)30)22(36-16(4)31)23(37-19)33-11-18-10-27(26-25-18)9-17-7-5-6-8-24-17/h5-8,10,19-23H,9,11-12H2,1-4H3/t19-,20-,21+,22-,23-/m1/s1. The third-order valence-electron chi connectivity index (χ3n) is 4.98. The monoisotopic (exact) mass is 520 g/mol. The van der Waals surface area contributed by atoms with E-state index in [-0.39, 0.29) is 13.2 Å². The molecule has 0 N–H and O–H groups in total. The second-order valence-corrected chi connectivity index (χ2v) is 8.11. The largest absolute Gasteiger partial charge is 0.463 e. The van der Waals surface area contributed by atoms with Crippen molar-refractivity contribution in [1.82, 2.24) is 20.0 Å². The molecule has 2 aromatic heterocycles. The highest BCUT2D eigenvalue weighted by molar-refractivity contribution is 5.68. The molecule has 14 nitrogen and oxygen atoms in total. The molecule has 5 atom stereocenters. The minimum atomic E-state index is -1.32. The summed E-state index contributed by atoms with van der Waals surface area (Å²) in [6.45, 7) is 4.53. The molecule has 0 saturated carbocycles. The van der Waals surface area contributed by atoms with Gasteiger partial charge in [-0.05, 0) is 12.1 Å². The topological polar surface area (TPSA) is 167 Å². The van der Waals surface area contributed by atoms with Crippen molar-refractivity contribution in [2.24, 2.45) is 0 Å². The van der Waals surface area contributed by atoms with E-state index in [9.17, 15) is 19.2 Å². The number of hydrogen-bond acceptors (Lipinski definition) is 13. The zero-order chi connectivity index (χ0) is 26.9. The summed E-state index contributed by atoms with van der Waals surface area (Å²) in [6.07, 6.45) is -2.99. The van der Waals surface area contributed by atoms with Gasteiger partial charge >= 0.3 is 23.9 Å². The van der Waals surface area contributed by atoms with Gasteiger partial charge in [-0.1, -0.05) is 11.3 Å². The number of esters is 4. The Kier molecular flexibility index (Phi) is 9.63. The van der Waals surface area contributed by atoms with E-state index in [0.717, 1.165) is 26.5 Å². The fourth-order valence-corrected chi connectivity index (χ4v) is 3.63. The first-order valence-corrected chi connectivity index (χ1v) is 11.3. The van der Waals surface area contributed by atoms with Crippen molar-refractivity contribution in [3.05, 3.63) is 42.0 Å². The molecule has 1 aliphatic heterocycles. The number of carbonyl (C=O) groups is 4. The summed E-state index contributed by atoms with van der Waals surface area (Å²) in [6, 6.07) is 5.50. The molecule has 0 amide bonds. The van der Waals surface area contributed by atoms with Crippen LogP contribution >= 0.6 is 0 Å². The van der Waals surface area contributed by atoms with Crippen LogP contribution in [0.3, 0.4) is 0 Å². The first kappa shape index (κ1) is 27.7. The summed E-state index contributed by atoms with van der Waals surface area (Å²) < 4.78 is 34.4. The molecule has 0 bridgehead atoms. The van der Waals surface area contributed by atoms with Crippen molar-refractivity contribution in [1.29, 1.82) is 0 Å². The molecule has 1 fully saturated rings. The number of ether oxygens (including phenoxy) is 6. The predicted octanol–water partition coefficient (Wildman–Crippen LogP) is 0.321. The quantitative estimate of drug-likeness (QED) is 0.311. The molecule has 1 saturated heterocycles. The number of rotatable bonds is 10. The third kappa shape index (κ3) is 8.32. The van der Waals surface area contributed by atoms with E-state index in [1.165, 1.54) is 6.92 Å². The van der Waals surface area contributed by atoms with Crippen molar-refractivity contribution < 1.29 is 47.6 Å². The van der Waals surface area contributed by atoms with Gasteiger partial charge in [0.1, 0.15) is 18.4 Å². The fourth-order valence-electron chi connectivity index (χ4n) is 3.63. The molecule has 0 aromatic carbocycles. The van der Waals surface area contributed by atoms with Crippen LogP contribution in [-0.4, -0.2) is 81.2 Å². The molecule has 37 heavy (non-hydrogen) atoms. The summed E-state index contributed by atoms with van der Waals surface area (Å²) in [5, 5.41) is 8.10. The van der Waals surface area contributed by atoms with E-state index in [0.29, 0.717) is 12.2 Å². The van der Waals surface area contributed by atoms with E-state index in [4.69, 9.17) is 28.4 Å². The average molecular weight is 520 g/mol. The van der Waals surface area contributed by atoms with Crippen LogP contribution in [0.25, 0.3) is 0 Å². The van der Waals surface area contributed by atoms with Crippen molar-refractivity contribution in [3.63, 3.8) is 0 Å². The van der Waals surface area contributed by atoms with Crippen molar-refractivity contribution in [2.45, 2.75) is 71.6 Å². The third-order valence-corrected chi connectivity index (χ3v) is 4.98. The Morgan fingerprint density at radius 2 is 1.57 bits per heavy atom. The van der Waals surface area contributed by atoms with E-state index in [1.54, 1.807) is 23.1 Å². The molecule has 2 aromatic rings. The van der Waals surface area contributed by atoms with Gasteiger partial charge in [0.25, 0.3) is 0 Å². The van der Waals surface area contributed by atoms with E-state index in [1.807, 2.05) is 12.1 Å². The zero-order valence-electron chi connectivity index (χ0n) is 20.8. The van der Waals surface area contributed by atoms with Gasteiger partial charge in [-0.3, -0.25) is 24.2 Å². The van der Waals surface area contributed by atoms with Crippen LogP contribution in [-0.2, 0) is 60.8 Å². The average Bonchev–Trinajstić information content (AvgIpc) is 3.26. The highest BCUT2D eigenvalue weighted by Crippen LogP contribution is 2.30. The molecule has 3 rings (SSSR count). The molecular formula is C23H28N4O10. The van der Waals surface area contributed by atoms with Crippen LogP contribution in [0.2, 0.25) is 0 Å². The van der Waals surface area contributed by atoms with Crippen molar-refractivity contribution >= 4 is 23.9 Å². The molecule has 3 heterocycles. The normalized spacial score (nSPS) is 23.1. The van der Waals surface area contributed by atoms with E-state index >= 15 is 0 Å². The highest BCUT2D eigenvalue weighted by Gasteiger charge is 2.52. The second-order valence-electron chi connectivity index (χ2n) is 8.11. The van der Waals surface area contributed by atoms with Gasteiger partial charge < -0.3 is 28.4 Å². The van der Waals surface area contributed by atoms with Gasteiger partial charge in [0.05, 0.1) is 25.0 Å². The number of hydrogen-bond donors (Lipinski definition) is 0. The Morgan fingerprint density at radius 3 is 2.19 bits per heavy atom. The second kappa shape index (κ2) is 12.9. The Balaban J connectivity index is 1.81. The molecule has 0 unspecified atom stereocenters. The minimum Gasteiger partial charge on any atom is -0.463 e. The fraction of sp³-hybridized carbons (Fsp3) is 0.522. The summed E-state index contributed by atoms with van der Waals surface area (Å²) >= 11 is 0. The lowest BCUT2D eigenvalue weighted by Crippen LogP contribution is -2.62. The smallest absolute Gasteiger partial charge is 0.303 e. The summed E-state index contributed by atoms with van der Waals surface area (Å²) in [5.41, 5.74) is 1.20. The number of carbonyl (C=O) groups excluding carboxylic acids is 4. The van der Waals surface area contributed by atoms with Gasteiger partial charge in [-0.25, -0.2) is 4.68 Å². The van der Waals surface area contributed by atoms with Gasteiger partial charge in [-0.15, -0.1) is 5.10 Å². The Labute approximate surface area is 212 Å².